The van der Waals surface area contributed by atoms with Gasteiger partial charge in [-0.15, -0.1) is 0 Å². The lowest BCUT2D eigenvalue weighted by molar-refractivity contribution is -0.136. The highest BCUT2D eigenvalue weighted by molar-refractivity contribution is 5.90. The summed E-state index contributed by atoms with van der Waals surface area (Å²) in [5, 5.41) is 14.1. The van der Waals surface area contributed by atoms with Crippen LogP contribution in [0.5, 0.6) is 0 Å². The normalized spacial score (nSPS) is 15.2. The Labute approximate surface area is 163 Å². The molecule has 0 spiro atoms. The minimum Gasteiger partial charge on any atom is -0.372 e. The minimum atomic E-state index is -2.05. The van der Waals surface area contributed by atoms with Crippen molar-refractivity contribution >= 4 is 5.91 Å². The first-order valence-corrected chi connectivity index (χ1v) is 9.36. The van der Waals surface area contributed by atoms with Gasteiger partial charge in [0, 0.05) is 19.6 Å². The van der Waals surface area contributed by atoms with E-state index in [-0.39, 0.29) is 11.1 Å². The molecule has 28 heavy (non-hydrogen) atoms. The van der Waals surface area contributed by atoms with Gasteiger partial charge in [0.2, 0.25) is 0 Å². The van der Waals surface area contributed by atoms with E-state index in [0.29, 0.717) is 6.54 Å². The molecule has 0 atom stereocenters. The zero-order valence-corrected chi connectivity index (χ0v) is 15.8. The minimum absolute atomic E-state index is 0.216. The molecular weight excluding hydrogens is 362 g/mol. The first kappa shape index (κ1) is 20.2. The van der Waals surface area contributed by atoms with Crippen molar-refractivity contribution in [2.24, 2.45) is 0 Å². The predicted octanol–water partition coefficient (Wildman–Crippen LogP) is 2.97. The molecule has 0 aliphatic carbocycles. The molecule has 0 saturated heterocycles. The monoisotopic (exact) mass is 386 g/mol. The van der Waals surface area contributed by atoms with E-state index in [9.17, 15) is 18.7 Å². The molecule has 3 rings (SSSR count). The molecule has 1 aliphatic rings. The molecule has 0 aromatic heterocycles. The number of hydrogen-bond acceptors (Lipinski definition) is 3. The van der Waals surface area contributed by atoms with Crippen LogP contribution in [0.25, 0.3) is 0 Å². The number of likely N-dealkylation sites (N-methyl/N-ethyl adjacent to an activating group) is 1. The van der Waals surface area contributed by atoms with Crippen LogP contribution in [0, 0.1) is 11.6 Å². The quantitative estimate of drug-likeness (QED) is 0.751. The molecule has 0 saturated carbocycles. The summed E-state index contributed by atoms with van der Waals surface area (Å²) < 4.78 is 26.7. The molecule has 2 aromatic carbocycles. The van der Waals surface area contributed by atoms with Crippen LogP contribution in [0.1, 0.15) is 24.5 Å². The van der Waals surface area contributed by atoms with Gasteiger partial charge in [-0.1, -0.05) is 42.8 Å². The van der Waals surface area contributed by atoms with Crippen molar-refractivity contribution in [1.29, 1.82) is 0 Å². The zero-order chi connectivity index (χ0) is 20.1. The smallest absolute Gasteiger partial charge is 0.261 e. The Bertz CT molecular complexity index is 802. The van der Waals surface area contributed by atoms with Crippen LogP contribution in [0.15, 0.2) is 60.2 Å². The average Bonchev–Trinajstić information content (AvgIpc) is 2.72. The summed E-state index contributed by atoms with van der Waals surface area (Å²) >= 11 is 0. The van der Waals surface area contributed by atoms with E-state index in [2.05, 4.69) is 23.2 Å². The number of halogens is 2. The Hall–Kier alpha value is -2.57. The van der Waals surface area contributed by atoms with Gasteiger partial charge in [0.05, 0.1) is 0 Å². The van der Waals surface area contributed by atoms with E-state index >= 15 is 0 Å². The van der Waals surface area contributed by atoms with Gasteiger partial charge in [0.1, 0.15) is 11.6 Å². The van der Waals surface area contributed by atoms with Crippen molar-refractivity contribution in [3.05, 3.63) is 82.9 Å². The van der Waals surface area contributed by atoms with Gasteiger partial charge in [0.15, 0.2) is 5.60 Å². The van der Waals surface area contributed by atoms with Gasteiger partial charge in [-0.2, -0.15) is 0 Å². The maximum absolute atomic E-state index is 13.3. The highest BCUT2D eigenvalue weighted by atomic mass is 19.1. The highest BCUT2D eigenvalue weighted by Crippen LogP contribution is 2.30. The second-order valence-electron chi connectivity index (χ2n) is 6.91. The fraction of sp³-hybridized carbons (Fsp3) is 0.318. The third-order valence-corrected chi connectivity index (χ3v) is 5.16. The van der Waals surface area contributed by atoms with E-state index in [1.165, 1.54) is 48.5 Å². The number of carbonyl (C=O) groups is 1. The topological polar surface area (TPSA) is 52.6 Å². The van der Waals surface area contributed by atoms with Crippen LogP contribution in [0.4, 0.5) is 8.78 Å². The van der Waals surface area contributed by atoms with Gasteiger partial charge in [0.25, 0.3) is 5.91 Å². The Morgan fingerprint density at radius 2 is 1.61 bits per heavy atom. The van der Waals surface area contributed by atoms with Gasteiger partial charge in [-0.05, 0) is 48.4 Å². The van der Waals surface area contributed by atoms with E-state index in [0.717, 1.165) is 31.6 Å². The zero-order valence-electron chi connectivity index (χ0n) is 15.8. The molecule has 2 N–H and O–H groups in total. The van der Waals surface area contributed by atoms with Crippen molar-refractivity contribution in [3.63, 3.8) is 0 Å². The summed E-state index contributed by atoms with van der Waals surface area (Å²) in [6, 6.07) is 10.2. The maximum Gasteiger partial charge on any atom is 0.261 e. The number of benzene rings is 2. The molecule has 0 unspecified atom stereocenters. The second kappa shape index (κ2) is 8.63. The standard InChI is InChI=1S/C22H24F2N2O2/c1-2-26-13-11-16(12-14-26)15-25-21(27)22(28,17-3-7-19(23)8-4-17)18-5-9-20(24)10-6-18/h3-11,28H,2,12-15H2,1H3,(H,25,27). The Balaban J connectivity index is 1.84. The molecule has 1 aliphatic heterocycles. The summed E-state index contributed by atoms with van der Waals surface area (Å²) in [5.41, 5.74) is -0.522. The number of hydrogen-bond donors (Lipinski definition) is 2. The summed E-state index contributed by atoms with van der Waals surface area (Å²) in [6.45, 7) is 5.17. The SMILES string of the molecule is CCN1CC=C(CNC(=O)C(O)(c2ccc(F)cc2)c2ccc(F)cc2)CC1. The lowest BCUT2D eigenvalue weighted by atomic mass is 9.85. The predicted molar refractivity (Wildman–Crippen MR) is 104 cm³/mol. The van der Waals surface area contributed by atoms with Crippen molar-refractivity contribution in [1.82, 2.24) is 10.2 Å². The van der Waals surface area contributed by atoms with Crippen LogP contribution in [-0.4, -0.2) is 42.1 Å². The summed E-state index contributed by atoms with van der Waals surface area (Å²) in [5.74, 6) is -1.58. The molecule has 0 fully saturated rings. The van der Waals surface area contributed by atoms with E-state index in [1.807, 2.05) is 0 Å². The van der Waals surface area contributed by atoms with Gasteiger partial charge >= 0.3 is 0 Å². The number of nitrogens with zero attached hydrogens (tertiary/aromatic N) is 1. The fourth-order valence-corrected chi connectivity index (χ4v) is 3.33. The Morgan fingerprint density at radius 1 is 1.07 bits per heavy atom. The Kier molecular flexibility index (Phi) is 6.21. The number of rotatable bonds is 6. The second-order valence-corrected chi connectivity index (χ2v) is 6.91. The highest BCUT2D eigenvalue weighted by Gasteiger charge is 2.40. The number of amides is 1. The maximum atomic E-state index is 13.3. The summed E-state index contributed by atoms with van der Waals surface area (Å²) in [4.78, 5) is 15.3. The lowest BCUT2D eigenvalue weighted by Crippen LogP contribution is -2.46. The average molecular weight is 386 g/mol. The van der Waals surface area contributed by atoms with Gasteiger partial charge in [-0.25, -0.2) is 8.78 Å². The molecule has 6 heteroatoms. The largest absolute Gasteiger partial charge is 0.372 e. The van der Waals surface area contributed by atoms with E-state index in [1.54, 1.807) is 0 Å². The Morgan fingerprint density at radius 3 is 2.04 bits per heavy atom. The molecule has 0 bridgehead atoms. The molecule has 2 aromatic rings. The van der Waals surface area contributed by atoms with Crippen LogP contribution < -0.4 is 5.32 Å². The van der Waals surface area contributed by atoms with Gasteiger partial charge in [-0.3, -0.25) is 9.69 Å². The number of nitrogens with one attached hydrogen (secondary N) is 1. The van der Waals surface area contributed by atoms with Crippen LogP contribution in [0.3, 0.4) is 0 Å². The van der Waals surface area contributed by atoms with Crippen LogP contribution >= 0.6 is 0 Å². The van der Waals surface area contributed by atoms with Crippen LogP contribution in [0.2, 0.25) is 0 Å². The van der Waals surface area contributed by atoms with Gasteiger partial charge < -0.3 is 10.4 Å². The summed E-state index contributed by atoms with van der Waals surface area (Å²) in [7, 11) is 0. The summed E-state index contributed by atoms with van der Waals surface area (Å²) in [6.07, 6.45) is 2.93. The third-order valence-electron chi connectivity index (χ3n) is 5.16. The molecule has 148 valence electrons. The third kappa shape index (κ3) is 4.29. The van der Waals surface area contributed by atoms with Crippen molar-refractivity contribution in [2.75, 3.05) is 26.2 Å². The molecule has 0 radical (unpaired) electrons. The van der Waals surface area contributed by atoms with Crippen molar-refractivity contribution in [3.8, 4) is 0 Å². The van der Waals surface area contributed by atoms with Crippen molar-refractivity contribution < 1.29 is 18.7 Å². The first-order valence-electron chi connectivity index (χ1n) is 9.36. The molecule has 4 nitrogen and oxygen atoms in total. The lowest BCUT2D eigenvalue weighted by Gasteiger charge is -2.29. The molecular formula is C22H24F2N2O2. The molecule has 1 amide bonds. The number of aliphatic hydroxyl groups is 1. The van der Waals surface area contributed by atoms with Crippen LogP contribution in [-0.2, 0) is 10.4 Å². The number of carbonyl (C=O) groups excluding carboxylic acids is 1. The van der Waals surface area contributed by atoms with E-state index < -0.39 is 23.1 Å². The first-order chi connectivity index (χ1) is 13.4. The van der Waals surface area contributed by atoms with Crippen molar-refractivity contribution in [2.45, 2.75) is 18.9 Å². The molecule has 1 heterocycles. The van der Waals surface area contributed by atoms with E-state index in [4.69, 9.17) is 0 Å². The fourth-order valence-electron chi connectivity index (χ4n) is 3.33.